The molecule has 0 atom stereocenters. The lowest BCUT2D eigenvalue weighted by Crippen LogP contribution is -2.36. The molecule has 2 N–H and O–H groups in total. The normalized spacial score (nSPS) is 14.5. The fourth-order valence-corrected chi connectivity index (χ4v) is 1.07. The predicted octanol–water partition coefficient (Wildman–Crippen LogP) is -1.43. The topological polar surface area (TPSA) is 84.9 Å². The summed E-state index contributed by atoms with van der Waals surface area (Å²) in [5.74, 6) is -1.72. The van der Waals surface area contributed by atoms with Crippen LogP contribution >= 0.6 is 0 Å². The summed E-state index contributed by atoms with van der Waals surface area (Å²) in [6.45, 7) is 0. The molecule has 2 rings (SSSR count). The molecule has 0 bridgehead atoms. The monoisotopic (exact) mass is 175 g/mol. The Morgan fingerprint density at radius 1 is 1.08 bits per heavy atom. The van der Waals surface area contributed by atoms with Gasteiger partial charge in [-0.2, -0.15) is 0 Å². The van der Waals surface area contributed by atoms with Crippen molar-refractivity contribution in [3.8, 4) is 0 Å². The molecule has 64 valence electrons. The first-order chi connectivity index (χ1) is 6.18. The number of hydrogen-bond acceptors (Lipinski definition) is 3. The van der Waals surface area contributed by atoms with E-state index in [0.717, 1.165) is 0 Å². The third kappa shape index (κ3) is 1.10. The highest BCUT2D eigenvalue weighted by molar-refractivity contribution is 6.36. The minimum absolute atomic E-state index is 0.284. The Labute approximate surface area is 72.6 Å². The van der Waals surface area contributed by atoms with Gasteiger partial charge >= 0.3 is 11.8 Å². The SMILES string of the molecule is Nc1cccc2c1=NC(=O)C(=O)N=2. The maximum atomic E-state index is 10.8. The highest BCUT2D eigenvalue weighted by atomic mass is 16.2. The van der Waals surface area contributed by atoms with Gasteiger partial charge in [0.15, 0.2) is 0 Å². The van der Waals surface area contributed by atoms with Crippen molar-refractivity contribution in [3.05, 3.63) is 28.9 Å². The van der Waals surface area contributed by atoms with Crippen molar-refractivity contribution in [1.29, 1.82) is 0 Å². The molecule has 1 heterocycles. The second-order valence-corrected chi connectivity index (χ2v) is 2.55. The standard InChI is InChI=1S/C8H5N3O2/c9-4-2-1-3-5-6(4)11-8(13)7(12)10-5/h1-3H,9H2. The number of nitrogens with zero attached hydrogens (tertiary/aromatic N) is 2. The Balaban J connectivity index is 2.92. The molecular weight excluding hydrogens is 170 g/mol. The van der Waals surface area contributed by atoms with Crippen molar-refractivity contribution < 1.29 is 9.59 Å². The number of anilines is 1. The largest absolute Gasteiger partial charge is 0.397 e. The van der Waals surface area contributed by atoms with Crippen molar-refractivity contribution in [3.63, 3.8) is 0 Å². The summed E-state index contributed by atoms with van der Waals surface area (Å²) >= 11 is 0. The van der Waals surface area contributed by atoms with Crippen molar-refractivity contribution >= 4 is 17.5 Å². The van der Waals surface area contributed by atoms with Gasteiger partial charge in [-0.15, -0.1) is 0 Å². The Kier molecular flexibility index (Phi) is 1.45. The van der Waals surface area contributed by atoms with Crippen LogP contribution in [0.4, 0.5) is 5.69 Å². The number of benzene rings is 1. The van der Waals surface area contributed by atoms with Crippen molar-refractivity contribution in [2.24, 2.45) is 9.98 Å². The minimum Gasteiger partial charge on any atom is -0.397 e. The molecule has 0 aliphatic carbocycles. The third-order valence-corrected chi connectivity index (χ3v) is 1.66. The maximum absolute atomic E-state index is 10.8. The first kappa shape index (κ1) is 7.60. The highest BCUT2D eigenvalue weighted by Crippen LogP contribution is 1.91. The van der Waals surface area contributed by atoms with E-state index in [1.807, 2.05) is 0 Å². The van der Waals surface area contributed by atoms with Gasteiger partial charge in [-0.3, -0.25) is 9.59 Å². The molecule has 1 aromatic rings. The van der Waals surface area contributed by atoms with Crippen LogP contribution < -0.4 is 16.4 Å². The van der Waals surface area contributed by atoms with E-state index in [-0.39, 0.29) is 5.36 Å². The minimum atomic E-state index is -0.870. The zero-order valence-corrected chi connectivity index (χ0v) is 6.52. The van der Waals surface area contributed by atoms with Crippen LogP contribution in [0.1, 0.15) is 0 Å². The first-order valence-electron chi connectivity index (χ1n) is 3.59. The maximum Gasteiger partial charge on any atom is 0.338 e. The van der Waals surface area contributed by atoms with Gasteiger partial charge in [0.05, 0.1) is 11.0 Å². The number of carbonyl (C=O) groups is 2. The number of hydrogen-bond donors (Lipinski definition) is 1. The van der Waals surface area contributed by atoms with Crippen LogP contribution in [0.15, 0.2) is 28.2 Å². The fraction of sp³-hybridized carbons (Fsp3) is 0. The van der Waals surface area contributed by atoms with E-state index >= 15 is 0 Å². The number of amides is 2. The average Bonchev–Trinajstić information content (AvgIpc) is 2.09. The van der Waals surface area contributed by atoms with Gasteiger partial charge in [0.25, 0.3) is 0 Å². The fourth-order valence-electron chi connectivity index (χ4n) is 1.07. The second-order valence-electron chi connectivity index (χ2n) is 2.55. The summed E-state index contributed by atoms with van der Waals surface area (Å²) in [6.07, 6.45) is 0. The molecule has 5 heteroatoms. The zero-order chi connectivity index (χ0) is 9.42. The smallest absolute Gasteiger partial charge is 0.338 e. The molecule has 0 saturated carbocycles. The molecule has 0 saturated heterocycles. The molecule has 0 fully saturated rings. The van der Waals surface area contributed by atoms with Crippen LogP contribution in [0.3, 0.4) is 0 Å². The number of fused-ring (bicyclic) bond motifs is 1. The Morgan fingerprint density at radius 3 is 2.54 bits per heavy atom. The number of nitrogens with two attached hydrogens (primary N) is 1. The molecule has 0 aromatic heterocycles. The van der Waals surface area contributed by atoms with E-state index in [2.05, 4.69) is 9.98 Å². The van der Waals surface area contributed by atoms with Crippen molar-refractivity contribution in [2.75, 3.05) is 5.73 Å². The van der Waals surface area contributed by atoms with Gasteiger partial charge in [0.1, 0.15) is 5.36 Å². The molecule has 1 aromatic carbocycles. The lowest BCUT2D eigenvalue weighted by Gasteiger charge is -1.98. The molecule has 13 heavy (non-hydrogen) atoms. The average molecular weight is 175 g/mol. The van der Waals surface area contributed by atoms with E-state index in [1.165, 1.54) is 0 Å². The Morgan fingerprint density at radius 2 is 1.77 bits per heavy atom. The molecule has 5 nitrogen and oxygen atoms in total. The summed E-state index contributed by atoms with van der Waals surface area (Å²) in [5, 5.41) is 0.636. The lowest BCUT2D eigenvalue weighted by molar-refractivity contribution is -0.135. The van der Waals surface area contributed by atoms with Crippen LogP contribution in [0.25, 0.3) is 0 Å². The first-order valence-corrected chi connectivity index (χ1v) is 3.59. The molecule has 1 aliphatic heterocycles. The third-order valence-electron chi connectivity index (χ3n) is 1.66. The highest BCUT2D eigenvalue weighted by Gasteiger charge is 2.15. The molecule has 1 aliphatic rings. The molecule has 0 unspecified atom stereocenters. The quantitative estimate of drug-likeness (QED) is 0.387. The predicted molar refractivity (Wildman–Crippen MR) is 43.2 cm³/mol. The van der Waals surface area contributed by atoms with Crippen LogP contribution in [-0.2, 0) is 9.59 Å². The number of nitrogen functional groups attached to an aromatic ring is 1. The number of carbonyl (C=O) groups excluding carboxylic acids is 2. The van der Waals surface area contributed by atoms with Crippen LogP contribution in [-0.4, -0.2) is 11.8 Å². The Hall–Kier alpha value is -2.04. The summed E-state index contributed by atoms with van der Waals surface area (Å²) < 4.78 is 0. The molecule has 0 radical (unpaired) electrons. The van der Waals surface area contributed by atoms with Gasteiger partial charge in [-0.1, -0.05) is 6.07 Å². The van der Waals surface area contributed by atoms with Crippen LogP contribution in [0.5, 0.6) is 0 Å². The van der Waals surface area contributed by atoms with Crippen molar-refractivity contribution in [1.82, 2.24) is 0 Å². The second kappa shape index (κ2) is 2.48. The summed E-state index contributed by atoms with van der Waals surface area (Å²) in [5.41, 5.74) is 5.88. The van der Waals surface area contributed by atoms with Gasteiger partial charge in [-0.25, -0.2) is 9.98 Å². The summed E-state index contributed by atoms with van der Waals surface area (Å²) in [4.78, 5) is 28.7. The van der Waals surface area contributed by atoms with E-state index < -0.39 is 11.8 Å². The number of para-hydroxylation sites is 1. The zero-order valence-electron chi connectivity index (χ0n) is 6.52. The molecule has 0 spiro atoms. The van der Waals surface area contributed by atoms with E-state index in [9.17, 15) is 9.59 Å². The van der Waals surface area contributed by atoms with Gasteiger partial charge in [0, 0.05) is 0 Å². The van der Waals surface area contributed by atoms with E-state index in [0.29, 0.717) is 11.0 Å². The van der Waals surface area contributed by atoms with Gasteiger partial charge in [0.2, 0.25) is 0 Å². The molecular formula is C8H5N3O2. The van der Waals surface area contributed by atoms with E-state index in [1.54, 1.807) is 18.2 Å². The summed E-state index contributed by atoms with van der Waals surface area (Å²) in [7, 11) is 0. The van der Waals surface area contributed by atoms with E-state index in [4.69, 9.17) is 5.73 Å². The summed E-state index contributed by atoms with van der Waals surface area (Å²) in [6, 6.07) is 4.83. The van der Waals surface area contributed by atoms with Gasteiger partial charge in [-0.05, 0) is 12.1 Å². The molecule has 2 amide bonds. The van der Waals surface area contributed by atoms with Crippen LogP contribution in [0, 0.1) is 0 Å². The Bertz CT molecular complexity index is 519. The van der Waals surface area contributed by atoms with Gasteiger partial charge < -0.3 is 5.73 Å². The van der Waals surface area contributed by atoms with Crippen LogP contribution in [0.2, 0.25) is 0 Å². The lowest BCUT2D eigenvalue weighted by atomic mass is 10.2. The number of rotatable bonds is 0. The van der Waals surface area contributed by atoms with Crippen molar-refractivity contribution in [2.45, 2.75) is 0 Å².